The van der Waals surface area contributed by atoms with E-state index in [0.29, 0.717) is 4.88 Å². The molecule has 106 valence electrons. The summed E-state index contributed by atoms with van der Waals surface area (Å²) in [5.74, 6) is 4.88. The molecule has 4 nitrogen and oxygen atoms in total. The Morgan fingerprint density at radius 2 is 2.15 bits per heavy atom. The topological polar surface area (TPSA) is 58.4 Å². The molecule has 1 aromatic heterocycles. The van der Waals surface area contributed by atoms with Gasteiger partial charge in [0.2, 0.25) is 0 Å². The summed E-state index contributed by atoms with van der Waals surface area (Å²) in [6.07, 6.45) is 0. The normalized spacial score (nSPS) is 10.8. The Hall–Kier alpha value is -1.21. The van der Waals surface area contributed by atoms with Crippen LogP contribution in [0, 0.1) is 0 Å². The highest BCUT2D eigenvalue weighted by atomic mass is 79.9. The summed E-state index contributed by atoms with van der Waals surface area (Å²) >= 11 is 4.94. The van der Waals surface area contributed by atoms with Gasteiger partial charge in [0.25, 0.3) is 5.91 Å². The molecule has 2 aromatic rings. The molecule has 0 atom stereocenters. The first-order valence-electron chi connectivity index (χ1n) is 6.11. The smallest absolute Gasteiger partial charge is 0.275 e. The number of carbonyl (C=O) groups excluding carboxylic acids is 1. The second-order valence-corrected chi connectivity index (χ2v) is 6.63. The molecule has 2 rings (SSSR count). The van der Waals surface area contributed by atoms with E-state index in [0.717, 1.165) is 22.4 Å². The number of nitrogen functional groups attached to an aromatic ring is 1. The monoisotopic (exact) mass is 353 g/mol. The average Bonchev–Trinajstić information content (AvgIpc) is 2.86. The van der Waals surface area contributed by atoms with E-state index in [1.54, 1.807) is 6.07 Å². The number of rotatable bonds is 5. The summed E-state index contributed by atoms with van der Waals surface area (Å²) in [6, 6.07) is 12.0. The van der Waals surface area contributed by atoms with Gasteiger partial charge in [-0.2, -0.15) is 0 Å². The number of nitrogens with two attached hydrogens (primary N) is 1. The van der Waals surface area contributed by atoms with Gasteiger partial charge in [-0.25, -0.2) is 5.84 Å². The number of nitrogens with one attached hydrogen (secondary N) is 1. The third-order valence-corrected chi connectivity index (χ3v) is 4.35. The quantitative estimate of drug-likeness (QED) is 0.493. The van der Waals surface area contributed by atoms with Crippen molar-refractivity contribution < 1.29 is 4.79 Å². The Morgan fingerprint density at radius 3 is 2.85 bits per heavy atom. The third-order valence-electron chi connectivity index (χ3n) is 2.78. The van der Waals surface area contributed by atoms with Gasteiger partial charge in [-0.15, -0.1) is 11.3 Å². The maximum Gasteiger partial charge on any atom is 0.275 e. The minimum absolute atomic E-state index is 0.240. The van der Waals surface area contributed by atoms with Crippen molar-refractivity contribution in [3.05, 3.63) is 56.2 Å². The Morgan fingerprint density at radius 1 is 1.35 bits per heavy atom. The molecule has 6 heteroatoms. The number of hydrogen-bond acceptors (Lipinski definition) is 4. The molecular weight excluding hydrogens is 338 g/mol. The predicted octanol–water partition coefficient (Wildman–Crippen LogP) is 2.75. The van der Waals surface area contributed by atoms with E-state index in [9.17, 15) is 4.79 Å². The zero-order valence-corrected chi connectivity index (χ0v) is 13.5. The maximum atomic E-state index is 11.4. The standard InChI is InChI=1S/C14H16BrN3OS/c1-18(8-10-3-2-4-11(15)7-10)9-12-5-6-13(20-12)14(19)17-16/h2-7H,8-9,16H2,1H3,(H,17,19). The lowest BCUT2D eigenvalue weighted by molar-refractivity contribution is 0.0957. The lowest BCUT2D eigenvalue weighted by Crippen LogP contribution is -2.29. The van der Waals surface area contributed by atoms with E-state index < -0.39 is 0 Å². The van der Waals surface area contributed by atoms with Crippen LogP contribution in [-0.4, -0.2) is 17.9 Å². The number of carbonyl (C=O) groups is 1. The highest BCUT2D eigenvalue weighted by molar-refractivity contribution is 9.10. The van der Waals surface area contributed by atoms with E-state index in [1.165, 1.54) is 16.9 Å². The van der Waals surface area contributed by atoms with Crippen molar-refractivity contribution in [2.24, 2.45) is 5.84 Å². The molecule has 0 radical (unpaired) electrons. The first-order valence-corrected chi connectivity index (χ1v) is 7.72. The molecule has 0 aliphatic heterocycles. The van der Waals surface area contributed by atoms with Crippen molar-refractivity contribution in [1.82, 2.24) is 10.3 Å². The molecule has 0 aliphatic carbocycles. The van der Waals surface area contributed by atoms with Crippen LogP contribution in [-0.2, 0) is 13.1 Å². The van der Waals surface area contributed by atoms with Crippen LogP contribution < -0.4 is 11.3 Å². The lowest BCUT2D eigenvalue weighted by Gasteiger charge is -2.15. The summed E-state index contributed by atoms with van der Waals surface area (Å²) in [7, 11) is 2.06. The van der Waals surface area contributed by atoms with Gasteiger partial charge in [-0.05, 0) is 36.9 Å². The number of hydrogen-bond donors (Lipinski definition) is 2. The van der Waals surface area contributed by atoms with Gasteiger partial charge < -0.3 is 0 Å². The molecule has 0 spiro atoms. The Labute approximate surface area is 130 Å². The lowest BCUT2D eigenvalue weighted by atomic mass is 10.2. The molecule has 0 fully saturated rings. The first-order chi connectivity index (χ1) is 9.58. The molecule has 20 heavy (non-hydrogen) atoms. The van der Waals surface area contributed by atoms with Gasteiger partial charge in [-0.3, -0.25) is 15.1 Å². The number of halogens is 1. The highest BCUT2D eigenvalue weighted by Crippen LogP contribution is 2.19. The number of nitrogens with zero attached hydrogens (tertiary/aromatic N) is 1. The zero-order valence-electron chi connectivity index (χ0n) is 11.1. The summed E-state index contributed by atoms with van der Waals surface area (Å²) < 4.78 is 1.08. The van der Waals surface area contributed by atoms with Crippen molar-refractivity contribution in [3.8, 4) is 0 Å². The second-order valence-electron chi connectivity index (χ2n) is 4.54. The fourth-order valence-corrected chi connectivity index (χ4v) is 3.36. The fourth-order valence-electron chi connectivity index (χ4n) is 1.92. The van der Waals surface area contributed by atoms with E-state index in [4.69, 9.17) is 5.84 Å². The minimum atomic E-state index is -0.240. The van der Waals surface area contributed by atoms with Gasteiger partial charge in [0.1, 0.15) is 0 Å². The SMILES string of the molecule is CN(Cc1cccc(Br)c1)Cc1ccc(C(=O)NN)s1. The van der Waals surface area contributed by atoms with Crippen LogP contribution in [0.25, 0.3) is 0 Å². The van der Waals surface area contributed by atoms with Gasteiger partial charge in [0.05, 0.1) is 4.88 Å². The first kappa shape index (κ1) is 15.2. The number of amides is 1. The van der Waals surface area contributed by atoms with Crippen LogP contribution >= 0.6 is 27.3 Å². The zero-order chi connectivity index (χ0) is 14.5. The fraction of sp³-hybridized carbons (Fsp3) is 0.214. The summed E-state index contributed by atoms with van der Waals surface area (Å²) in [4.78, 5) is 15.4. The van der Waals surface area contributed by atoms with E-state index in [-0.39, 0.29) is 5.91 Å². The number of benzene rings is 1. The van der Waals surface area contributed by atoms with Crippen LogP contribution in [0.3, 0.4) is 0 Å². The molecular formula is C14H16BrN3OS. The van der Waals surface area contributed by atoms with Crippen LogP contribution in [0.2, 0.25) is 0 Å². The van der Waals surface area contributed by atoms with E-state index in [2.05, 4.69) is 45.4 Å². The molecule has 1 heterocycles. The van der Waals surface area contributed by atoms with Gasteiger partial charge in [-0.1, -0.05) is 28.1 Å². The Bertz CT molecular complexity index is 600. The second kappa shape index (κ2) is 6.99. The van der Waals surface area contributed by atoms with Crippen molar-refractivity contribution >= 4 is 33.2 Å². The molecule has 0 unspecified atom stereocenters. The molecule has 3 N–H and O–H groups in total. The van der Waals surface area contributed by atoms with Crippen molar-refractivity contribution in [2.45, 2.75) is 13.1 Å². The van der Waals surface area contributed by atoms with Crippen molar-refractivity contribution in [3.63, 3.8) is 0 Å². The van der Waals surface area contributed by atoms with Crippen molar-refractivity contribution in [2.75, 3.05) is 7.05 Å². The van der Waals surface area contributed by atoms with Crippen LogP contribution in [0.15, 0.2) is 40.9 Å². The maximum absolute atomic E-state index is 11.4. The van der Waals surface area contributed by atoms with Crippen LogP contribution in [0.4, 0.5) is 0 Å². The Balaban J connectivity index is 1.96. The van der Waals surface area contributed by atoms with Gasteiger partial charge in [0, 0.05) is 22.4 Å². The Kier molecular flexibility index (Phi) is 5.31. The van der Waals surface area contributed by atoms with Crippen LogP contribution in [0.5, 0.6) is 0 Å². The summed E-state index contributed by atoms with van der Waals surface area (Å²) in [5.41, 5.74) is 3.40. The van der Waals surface area contributed by atoms with Crippen molar-refractivity contribution in [1.29, 1.82) is 0 Å². The molecule has 0 saturated carbocycles. The minimum Gasteiger partial charge on any atom is -0.297 e. The molecule has 0 bridgehead atoms. The summed E-state index contributed by atoms with van der Waals surface area (Å²) in [5, 5.41) is 0. The number of hydrazine groups is 1. The molecule has 1 aromatic carbocycles. The summed E-state index contributed by atoms with van der Waals surface area (Å²) in [6.45, 7) is 1.66. The van der Waals surface area contributed by atoms with E-state index in [1.807, 2.05) is 18.2 Å². The molecule has 0 aliphatic rings. The van der Waals surface area contributed by atoms with Gasteiger partial charge >= 0.3 is 0 Å². The predicted molar refractivity (Wildman–Crippen MR) is 85.3 cm³/mol. The largest absolute Gasteiger partial charge is 0.297 e. The average molecular weight is 354 g/mol. The molecule has 0 saturated heterocycles. The van der Waals surface area contributed by atoms with Crippen LogP contribution in [0.1, 0.15) is 20.1 Å². The number of thiophene rings is 1. The van der Waals surface area contributed by atoms with E-state index >= 15 is 0 Å². The third kappa shape index (κ3) is 4.14. The molecule has 1 amide bonds. The van der Waals surface area contributed by atoms with Gasteiger partial charge in [0.15, 0.2) is 0 Å². The highest BCUT2D eigenvalue weighted by Gasteiger charge is 2.09.